The van der Waals surface area contributed by atoms with E-state index in [1.165, 1.54) is 17.1 Å². The molecule has 1 saturated heterocycles. The molecular formula is C16H15N5O6S2. The lowest BCUT2D eigenvalue weighted by molar-refractivity contribution is -0.150. The van der Waals surface area contributed by atoms with Crippen LogP contribution in [0, 0.1) is 11.8 Å². The molecule has 2 amide bonds. The first kappa shape index (κ1) is 20.6. The van der Waals surface area contributed by atoms with Crippen molar-refractivity contribution in [2.75, 3.05) is 18.1 Å². The van der Waals surface area contributed by atoms with Crippen LogP contribution >= 0.6 is 23.1 Å². The van der Waals surface area contributed by atoms with E-state index in [1.54, 1.807) is 0 Å². The van der Waals surface area contributed by atoms with Gasteiger partial charge in [-0.25, -0.2) is 9.78 Å². The zero-order valence-electron chi connectivity index (χ0n) is 14.7. The van der Waals surface area contributed by atoms with E-state index >= 15 is 0 Å². The van der Waals surface area contributed by atoms with E-state index < -0.39 is 34.9 Å². The van der Waals surface area contributed by atoms with Crippen molar-refractivity contribution in [2.24, 2.45) is 5.16 Å². The van der Waals surface area contributed by atoms with Crippen molar-refractivity contribution < 1.29 is 29.8 Å². The quantitative estimate of drug-likeness (QED) is 0.127. The van der Waals surface area contributed by atoms with Crippen LogP contribution < -0.4 is 11.1 Å². The molecule has 13 heteroatoms. The number of nitrogens with zero attached hydrogens (tertiary/aromatic N) is 3. The van der Waals surface area contributed by atoms with E-state index in [9.17, 15) is 19.5 Å². The smallest absolute Gasteiger partial charge is 0.353 e. The molecule has 1 fully saturated rings. The lowest BCUT2D eigenvalue weighted by Crippen LogP contribution is -2.71. The number of rotatable bonds is 5. The number of hydrogen-bond acceptors (Lipinski definition) is 10. The number of amides is 2. The number of oxime groups is 1. The fourth-order valence-electron chi connectivity index (χ4n) is 2.76. The molecule has 1 aromatic rings. The fourth-order valence-corrected chi connectivity index (χ4v) is 4.59. The van der Waals surface area contributed by atoms with Crippen molar-refractivity contribution in [2.45, 2.75) is 17.8 Å². The van der Waals surface area contributed by atoms with Gasteiger partial charge >= 0.3 is 5.97 Å². The summed E-state index contributed by atoms with van der Waals surface area (Å²) in [5, 5.41) is 33.8. The van der Waals surface area contributed by atoms with Gasteiger partial charge in [0.05, 0.1) is 6.61 Å². The van der Waals surface area contributed by atoms with Crippen LogP contribution in [0.4, 0.5) is 5.13 Å². The summed E-state index contributed by atoms with van der Waals surface area (Å²) < 4.78 is 0. The van der Waals surface area contributed by atoms with Crippen LogP contribution in [0.15, 0.2) is 21.8 Å². The van der Waals surface area contributed by atoms with Crippen LogP contribution in [0.1, 0.15) is 12.1 Å². The number of thioether (sulfide) groups is 1. The maximum atomic E-state index is 12.5. The van der Waals surface area contributed by atoms with Crippen molar-refractivity contribution in [1.29, 1.82) is 0 Å². The second-order valence-corrected chi connectivity index (χ2v) is 7.78. The Balaban J connectivity index is 1.78. The molecule has 0 unspecified atom stereocenters. The van der Waals surface area contributed by atoms with Gasteiger partial charge in [0.25, 0.3) is 11.8 Å². The van der Waals surface area contributed by atoms with Gasteiger partial charge in [0.2, 0.25) is 0 Å². The van der Waals surface area contributed by atoms with Crippen LogP contribution in [-0.2, 0) is 14.4 Å². The second-order valence-electron chi connectivity index (χ2n) is 5.79. The molecule has 152 valence electrons. The van der Waals surface area contributed by atoms with Gasteiger partial charge < -0.3 is 26.5 Å². The van der Waals surface area contributed by atoms with Gasteiger partial charge in [0, 0.05) is 23.1 Å². The molecule has 0 spiro atoms. The number of β-lactam (4-membered cyclic amide) rings is 1. The van der Waals surface area contributed by atoms with Crippen molar-refractivity contribution in [1.82, 2.24) is 15.2 Å². The highest BCUT2D eigenvalue weighted by molar-refractivity contribution is 8.00. The second kappa shape index (κ2) is 8.52. The van der Waals surface area contributed by atoms with Crippen LogP contribution in [0.25, 0.3) is 0 Å². The molecule has 3 heterocycles. The molecule has 0 saturated carbocycles. The number of nitrogens with one attached hydrogen (secondary N) is 1. The molecule has 1 aromatic heterocycles. The van der Waals surface area contributed by atoms with E-state index in [-0.39, 0.29) is 40.9 Å². The first-order valence-electron chi connectivity index (χ1n) is 8.14. The number of carboxylic acid groups (broad SMARTS) is 1. The number of hydrogen-bond donors (Lipinski definition) is 5. The molecule has 6 N–H and O–H groups in total. The molecule has 11 nitrogen and oxygen atoms in total. The number of thiazole rings is 1. The van der Waals surface area contributed by atoms with Gasteiger partial charge in [-0.15, -0.1) is 23.1 Å². The van der Waals surface area contributed by atoms with Gasteiger partial charge in [-0.05, 0) is 0 Å². The number of carbonyl (C=O) groups is 3. The minimum atomic E-state index is -1.31. The Kier molecular flexibility index (Phi) is 6.06. The summed E-state index contributed by atoms with van der Waals surface area (Å²) in [4.78, 5) is 41.6. The normalized spacial score (nSPS) is 21.1. The highest BCUT2D eigenvalue weighted by Gasteiger charge is 2.54. The lowest BCUT2D eigenvalue weighted by Gasteiger charge is -2.48. The highest BCUT2D eigenvalue weighted by Crippen LogP contribution is 2.40. The molecule has 0 aromatic carbocycles. The average Bonchev–Trinajstić information content (AvgIpc) is 3.12. The zero-order chi connectivity index (χ0) is 21.1. The number of carboxylic acids is 1. The molecule has 0 bridgehead atoms. The predicted molar refractivity (Wildman–Crippen MR) is 104 cm³/mol. The van der Waals surface area contributed by atoms with Crippen molar-refractivity contribution >= 4 is 51.7 Å². The monoisotopic (exact) mass is 437 g/mol. The Morgan fingerprint density at radius 3 is 2.83 bits per heavy atom. The van der Waals surface area contributed by atoms with Crippen LogP contribution in [0.5, 0.6) is 0 Å². The molecule has 0 aliphatic carbocycles. The number of nitrogen functional groups attached to an aromatic ring is 1. The van der Waals surface area contributed by atoms with Gasteiger partial charge in [-0.1, -0.05) is 17.0 Å². The predicted octanol–water partition coefficient (Wildman–Crippen LogP) is -0.972. The van der Waals surface area contributed by atoms with E-state index in [2.05, 4.69) is 27.3 Å². The first-order valence-corrected chi connectivity index (χ1v) is 10.1. The number of carbonyl (C=O) groups excluding carboxylic acids is 2. The fraction of sp³-hybridized carbons (Fsp3) is 0.312. The Hall–Kier alpha value is -3.08. The molecule has 2 atom stereocenters. The minimum absolute atomic E-state index is 0.0555. The van der Waals surface area contributed by atoms with Crippen molar-refractivity contribution in [3.05, 3.63) is 22.3 Å². The first-order chi connectivity index (χ1) is 13.9. The summed E-state index contributed by atoms with van der Waals surface area (Å²) in [6.07, 6.45) is 0.182. The average molecular weight is 437 g/mol. The third-order valence-corrected chi connectivity index (χ3v) is 5.97. The van der Waals surface area contributed by atoms with Crippen LogP contribution in [0.2, 0.25) is 0 Å². The molecular weight excluding hydrogens is 422 g/mol. The molecule has 2 aliphatic heterocycles. The number of fused-ring (bicyclic) bond motifs is 1. The summed E-state index contributed by atoms with van der Waals surface area (Å²) in [5.41, 5.74) is 5.18. The van der Waals surface area contributed by atoms with E-state index in [1.807, 2.05) is 0 Å². The number of anilines is 1. The van der Waals surface area contributed by atoms with E-state index in [0.717, 1.165) is 16.2 Å². The van der Waals surface area contributed by atoms with Gasteiger partial charge in [0.15, 0.2) is 10.8 Å². The summed E-state index contributed by atoms with van der Waals surface area (Å²) in [6, 6.07) is -0.999. The van der Waals surface area contributed by atoms with Gasteiger partial charge in [-0.2, -0.15) is 0 Å². The molecule has 3 rings (SSSR count). The standard InChI is InChI=1S/C16H15N5O6S2/c17-16-18-8(6-29-16)9(20-27)12(23)19-10-13(24)21-11(15(25)26)7(3-1-2-4-22)5-28-14(10)21/h6,10,14,22,27H,2,4-5H2,(H2,17,18)(H,19,23)(H,25,26)/b20-9-/t10-,14-/m1/s1. The third kappa shape index (κ3) is 3.90. The maximum Gasteiger partial charge on any atom is 0.353 e. The largest absolute Gasteiger partial charge is 0.477 e. The lowest BCUT2D eigenvalue weighted by atomic mass is 10.0. The highest BCUT2D eigenvalue weighted by atomic mass is 32.2. The number of aliphatic hydroxyl groups is 1. The van der Waals surface area contributed by atoms with Crippen molar-refractivity contribution in [3.63, 3.8) is 0 Å². The summed E-state index contributed by atoms with van der Waals surface area (Å²) in [5.74, 6) is 2.79. The van der Waals surface area contributed by atoms with E-state index in [0.29, 0.717) is 0 Å². The Labute approximate surface area is 172 Å². The number of aromatic nitrogens is 1. The van der Waals surface area contributed by atoms with Crippen LogP contribution in [-0.4, -0.2) is 72.6 Å². The minimum Gasteiger partial charge on any atom is -0.477 e. The Morgan fingerprint density at radius 2 is 2.24 bits per heavy atom. The maximum absolute atomic E-state index is 12.5. The molecule has 29 heavy (non-hydrogen) atoms. The Bertz CT molecular complexity index is 991. The topological polar surface area (TPSA) is 178 Å². The summed E-state index contributed by atoms with van der Waals surface area (Å²) in [7, 11) is 0. The van der Waals surface area contributed by atoms with Gasteiger partial charge in [-0.3, -0.25) is 14.5 Å². The molecule has 0 radical (unpaired) electrons. The number of nitrogens with two attached hydrogens (primary N) is 1. The Morgan fingerprint density at radius 1 is 1.48 bits per heavy atom. The van der Waals surface area contributed by atoms with Gasteiger partial charge in [0.1, 0.15) is 22.8 Å². The SMILES string of the molecule is Nc1nc(/C(=N/O)C(=O)N[C@@H]2C(=O)N3C(C(=O)O)=C(C#CCCO)CS[C@H]23)cs1. The third-order valence-electron chi connectivity index (χ3n) is 4.01. The summed E-state index contributed by atoms with van der Waals surface area (Å²) >= 11 is 2.29. The number of aliphatic hydroxyl groups excluding tert-OH is 1. The van der Waals surface area contributed by atoms with Crippen molar-refractivity contribution in [3.8, 4) is 11.8 Å². The molecule has 2 aliphatic rings. The van der Waals surface area contributed by atoms with Crippen LogP contribution in [0.3, 0.4) is 0 Å². The zero-order valence-corrected chi connectivity index (χ0v) is 16.3. The number of aliphatic carboxylic acids is 1. The van der Waals surface area contributed by atoms with E-state index in [4.69, 9.17) is 16.0 Å². The summed E-state index contributed by atoms with van der Waals surface area (Å²) in [6.45, 7) is -0.158.